The van der Waals surface area contributed by atoms with E-state index in [1.165, 1.54) is 57.8 Å². The quantitative estimate of drug-likeness (QED) is 0.392. The fraction of sp³-hybridized carbons (Fsp3) is 0.900. The van der Waals surface area contributed by atoms with Crippen molar-refractivity contribution in [1.82, 2.24) is 5.32 Å². The third kappa shape index (κ3) is 4.76. The number of hydrogen-bond acceptors (Lipinski definition) is 2. The van der Waals surface area contributed by atoms with Gasteiger partial charge in [0.25, 0.3) is 0 Å². The highest BCUT2D eigenvalue weighted by atomic mass is 16.6. The highest BCUT2D eigenvalue weighted by molar-refractivity contribution is 5.67. The Bertz CT molecular complexity index is 729. The molecule has 3 unspecified atom stereocenters. The van der Waals surface area contributed by atoms with E-state index in [9.17, 15) is 4.79 Å². The van der Waals surface area contributed by atoms with Crippen LogP contribution in [0, 0.1) is 46.3 Å². The molecule has 3 saturated carbocycles. The van der Waals surface area contributed by atoms with Gasteiger partial charge in [0.2, 0.25) is 0 Å². The van der Waals surface area contributed by atoms with E-state index in [0.29, 0.717) is 17.4 Å². The number of fused-ring (bicyclic) bond motifs is 5. The summed E-state index contributed by atoms with van der Waals surface area (Å²) in [7, 11) is 0. The lowest BCUT2D eigenvalue weighted by atomic mass is 9.47. The number of carbonyl (C=O) groups excluding carboxylic acids is 1. The number of rotatable bonds is 7. The summed E-state index contributed by atoms with van der Waals surface area (Å²) in [6, 6.07) is 0. The van der Waals surface area contributed by atoms with Crippen molar-refractivity contribution >= 4 is 6.09 Å². The molecular weight excluding hydrogens is 406 g/mol. The van der Waals surface area contributed by atoms with Crippen LogP contribution in [0.25, 0.3) is 0 Å². The standard InChI is InChI=1S/C30H51NO2/c1-7-31-28(32)33-23-15-17-29(5)22(19-23)11-12-24-26-14-13-25(21(4)10-8-9-20(2)3)30(26,6)18-16-27(24)29/h11,20-21,23-27H,7-10,12-19H2,1-6H3,(H,31,32)/t21-,23-,24?,25+,26?,27?,29-,30+/m0/s1. The van der Waals surface area contributed by atoms with E-state index in [1.54, 1.807) is 5.57 Å². The predicted molar refractivity (Wildman–Crippen MR) is 137 cm³/mol. The van der Waals surface area contributed by atoms with Gasteiger partial charge in [-0.1, -0.05) is 65.5 Å². The summed E-state index contributed by atoms with van der Waals surface area (Å²) in [5.41, 5.74) is 2.48. The molecule has 4 aliphatic rings. The van der Waals surface area contributed by atoms with Crippen LogP contribution in [0.1, 0.15) is 112 Å². The lowest BCUT2D eigenvalue weighted by Gasteiger charge is -2.58. The molecule has 0 radical (unpaired) electrons. The van der Waals surface area contributed by atoms with Crippen molar-refractivity contribution in [3.8, 4) is 0 Å². The van der Waals surface area contributed by atoms with Gasteiger partial charge in [-0.2, -0.15) is 0 Å². The molecule has 0 aromatic carbocycles. The van der Waals surface area contributed by atoms with Crippen LogP contribution in [-0.4, -0.2) is 18.7 Å². The zero-order valence-electron chi connectivity index (χ0n) is 22.4. The van der Waals surface area contributed by atoms with Crippen molar-refractivity contribution in [1.29, 1.82) is 0 Å². The number of alkyl carbamates (subject to hydrolysis) is 1. The van der Waals surface area contributed by atoms with Crippen LogP contribution in [0.2, 0.25) is 0 Å². The average molecular weight is 458 g/mol. The van der Waals surface area contributed by atoms with Crippen molar-refractivity contribution in [3.05, 3.63) is 11.6 Å². The molecule has 0 aliphatic heterocycles. The van der Waals surface area contributed by atoms with Gasteiger partial charge in [-0.05, 0) is 98.2 Å². The van der Waals surface area contributed by atoms with E-state index in [1.807, 2.05) is 6.92 Å². The minimum atomic E-state index is -0.242. The Morgan fingerprint density at radius 2 is 1.88 bits per heavy atom. The Labute approximate surface area is 203 Å². The lowest BCUT2D eigenvalue weighted by Crippen LogP contribution is -2.51. The molecule has 1 amide bonds. The summed E-state index contributed by atoms with van der Waals surface area (Å²) in [4.78, 5) is 12.0. The molecule has 0 heterocycles. The fourth-order valence-corrected chi connectivity index (χ4v) is 9.09. The molecule has 4 aliphatic carbocycles. The van der Waals surface area contributed by atoms with Crippen molar-refractivity contribution in [3.63, 3.8) is 0 Å². The third-order valence-electron chi connectivity index (χ3n) is 10.9. The van der Waals surface area contributed by atoms with Crippen LogP contribution in [0.4, 0.5) is 4.79 Å². The van der Waals surface area contributed by atoms with Gasteiger partial charge in [-0.25, -0.2) is 4.79 Å². The molecule has 188 valence electrons. The van der Waals surface area contributed by atoms with Gasteiger partial charge in [-0.3, -0.25) is 0 Å². The minimum absolute atomic E-state index is 0.0591. The summed E-state index contributed by atoms with van der Waals surface area (Å²) in [6.45, 7) is 15.1. The van der Waals surface area contributed by atoms with E-state index >= 15 is 0 Å². The second-order valence-corrected chi connectivity index (χ2v) is 13.1. The van der Waals surface area contributed by atoms with Crippen LogP contribution in [-0.2, 0) is 4.74 Å². The molecule has 0 saturated heterocycles. The summed E-state index contributed by atoms with van der Waals surface area (Å²) < 4.78 is 5.74. The minimum Gasteiger partial charge on any atom is -0.446 e. The number of ether oxygens (including phenoxy) is 1. The molecule has 8 atom stereocenters. The summed E-state index contributed by atoms with van der Waals surface area (Å²) >= 11 is 0. The van der Waals surface area contributed by atoms with Crippen molar-refractivity contribution in [2.45, 2.75) is 118 Å². The molecule has 3 heteroatoms. The van der Waals surface area contributed by atoms with Crippen molar-refractivity contribution in [2.75, 3.05) is 6.54 Å². The Morgan fingerprint density at radius 1 is 1.09 bits per heavy atom. The number of nitrogens with one attached hydrogen (secondary N) is 1. The van der Waals surface area contributed by atoms with Gasteiger partial charge in [0.1, 0.15) is 6.10 Å². The summed E-state index contributed by atoms with van der Waals surface area (Å²) in [5.74, 6) is 5.25. The Morgan fingerprint density at radius 3 is 2.61 bits per heavy atom. The van der Waals surface area contributed by atoms with Crippen molar-refractivity contribution in [2.24, 2.45) is 46.3 Å². The largest absolute Gasteiger partial charge is 0.446 e. The molecule has 0 bridgehead atoms. The molecule has 0 aromatic rings. The second kappa shape index (κ2) is 9.94. The predicted octanol–water partition coefficient (Wildman–Crippen LogP) is 8.14. The topological polar surface area (TPSA) is 38.3 Å². The molecular formula is C30H51NO2. The Hall–Kier alpha value is -0.990. The maximum atomic E-state index is 12.0. The molecule has 4 rings (SSSR count). The monoisotopic (exact) mass is 457 g/mol. The van der Waals surface area contributed by atoms with Gasteiger partial charge in [0, 0.05) is 13.0 Å². The molecule has 3 nitrogen and oxygen atoms in total. The zero-order valence-corrected chi connectivity index (χ0v) is 22.4. The molecule has 33 heavy (non-hydrogen) atoms. The lowest BCUT2D eigenvalue weighted by molar-refractivity contribution is -0.0581. The van der Waals surface area contributed by atoms with Crippen LogP contribution < -0.4 is 5.32 Å². The molecule has 0 spiro atoms. The fourth-order valence-electron chi connectivity index (χ4n) is 9.09. The van der Waals surface area contributed by atoms with E-state index in [4.69, 9.17) is 4.74 Å². The van der Waals surface area contributed by atoms with Crippen LogP contribution >= 0.6 is 0 Å². The number of carbonyl (C=O) groups is 1. The van der Waals surface area contributed by atoms with Crippen LogP contribution in [0.3, 0.4) is 0 Å². The normalized spacial score (nSPS) is 40.9. The highest BCUT2D eigenvalue weighted by Crippen LogP contribution is 2.67. The van der Waals surface area contributed by atoms with Gasteiger partial charge < -0.3 is 10.1 Å². The van der Waals surface area contributed by atoms with E-state index in [-0.39, 0.29) is 12.2 Å². The zero-order chi connectivity index (χ0) is 23.8. The highest BCUT2D eigenvalue weighted by Gasteiger charge is 2.59. The van der Waals surface area contributed by atoms with E-state index < -0.39 is 0 Å². The molecule has 1 N–H and O–H groups in total. The van der Waals surface area contributed by atoms with E-state index in [2.05, 4.69) is 46.0 Å². The van der Waals surface area contributed by atoms with E-state index in [0.717, 1.165) is 48.3 Å². The first-order chi connectivity index (χ1) is 15.7. The Balaban J connectivity index is 1.43. The maximum Gasteiger partial charge on any atom is 0.407 e. The molecule has 0 aromatic heterocycles. The number of hydrogen-bond donors (Lipinski definition) is 1. The van der Waals surface area contributed by atoms with Gasteiger partial charge in [0.15, 0.2) is 0 Å². The first-order valence-electron chi connectivity index (χ1n) is 14.3. The summed E-state index contributed by atoms with van der Waals surface area (Å²) in [6.07, 6.45) is 16.8. The average Bonchev–Trinajstić information content (AvgIpc) is 3.11. The van der Waals surface area contributed by atoms with Gasteiger partial charge >= 0.3 is 6.09 Å². The smallest absolute Gasteiger partial charge is 0.407 e. The van der Waals surface area contributed by atoms with Crippen LogP contribution in [0.5, 0.6) is 0 Å². The van der Waals surface area contributed by atoms with Crippen molar-refractivity contribution < 1.29 is 9.53 Å². The Kier molecular flexibility index (Phi) is 7.56. The number of amides is 1. The second-order valence-electron chi connectivity index (χ2n) is 13.1. The van der Waals surface area contributed by atoms with Gasteiger partial charge in [0.05, 0.1) is 0 Å². The molecule has 3 fully saturated rings. The maximum absolute atomic E-state index is 12.0. The van der Waals surface area contributed by atoms with Crippen LogP contribution in [0.15, 0.2) is 11.6 Å². The first kappa shape index (κ1) is 25.1. The third-order valence-corrected chi connectivity index (χ3v) is 10.9. The van der Waals surface area contributed by atoms with Gasteiger partial charge in [-0.15, -0.1) is 0 Å². The first-order valence-corrected chi connectivity index (χ1v) is 14.3. The SMILES string of the molecule is CCNC(=O)O[C@H]1CC[C@@]2(C)C(=CCC3C2CC[C@@]2(C)C3CC[C@@H]2[C@@H](C)CCCC(C)C)C1. The summed E-state index contributed by atoms with van der Waals surface area (Å²) in [5, 5.41) is 2.80. The number of allylic oxidation sites excluding steroid dienone is 1.